The monoisotopic (exact) mass is 517 g/mol. The normalized spacial score (nSPS) is 15.1. The van der Waals surface area contributed by atoms with Crippen molar-refractivity contribution >= 4 is 46.4 Å². The highest BCUT2D eigenvalue weighted by atomic mass is 35.5. The van der Waals surface area contributed by atoms with Gasteiger partial charge in [-0.2, -0.15) is 0 Å². The highest BCUT2D eigenvalue weighted by Crippen LogP contribution is 2.39. The molecule has 4 rings (SSSR count). The molecule has 0 bridgehead atoms. The van der Waals surface area contributed by atoms with Crippen LogP contribution in [0.15, 0.2) is 60.7 Å². The molecule has 3 aromatic carbocycles. The van der Waals surface area contributed by atoms with E-state index < -0.39 is 11.7 Å². The molecule has 1 fully saturated rings. The van der Waals surface area contributed by atoms with Gasteiger partial charge in [0.25, 0.3) is 0 Å². The van der Waals surface area contributed by atoms with Gasteiger partial charge in [0.15, 0.2) is 11.5 Å². The van der Waals surface area contributed by atoms with Crippen molar-refractivity contribution in [3.05, 3.63) is 82.1 Å². The number of amides is 2. The Hall–Kier alpha value is -3.49. The van der Waals surface area contributed by atoms with E-state index in [4.69, 9.17) is 32.7 Å². The summed E-state index contributed by atoms with van der Waals surface area (Å²) in [5.74, 6) is -0.843. The van der Waals surface area contributed by atoms with E-state index in [1.165, 1.54) is 36.3 Å². The number of hydrazine groups is 1. The van der Waals surface area contributed by atoms with E-state index in [1.807, 2.05) is 18.2 Å². The second-order valence-corrected chi connectivity index (χ2v) is 8.68. The molecule has 0 radical (unpaired) electrons. The van der Waals surface area contributed by atoms with E-state index in [0.29, 0.717) is 27.9 Å². The van der Waals surface area contributed by atoms with Gasteiger partial charge in [-0.05, 0) is 36.4 Å². The lowest BCUT2D eigenvalue weighted by atomic mass is 10.1. The first-order valence-electron chi connectivity index (χ1n) is 10.7. The molecular weight excluding hydrogens is 496 g/mol. The maximum absolute atomic E-state index is 13.2. The summed E-state index contributed by atoms with van der Waals surface area (Å²) in [6, 6.07) is 16.1. The molecule has 2 N–H and O–H groups in total. The van der Waals surface area contributed by atoms with E-state index in [1.54, 1.807) is 18.2 Å². The summed E-state index contributed by atoms with van der Waals surface area (Å²) in [6.07, 6.45) is 0.0454. The second kappa shape index (κ2) is 10.8. The van der Waals surface area contributed by atoms with Gasteiger partial charge in [0.1, 0.15) is 12.4 Å². The summed E-state index contributed by atoms with van der Waals surface area (Å²) in [6.45, 7) is 0.385. The predicted octanol–water partition coefficient (Wildman–Crippen LogP) is 5.22. The molecule has 182 valence electrons. The predicted molar refractivity (Wildman–Crippen MR) is 132 cm³/mol. The zero-order chi connectivity index (χ0) is 24.9. The molecule has 1 saturated heterocycles. The van der Waals surface area contributed by atoms with Crippen LogP contribution in [0.25, 0.3) is 0 Å². The Kier molecular flexibility index (Phi) is 7.63. The molecule has 1 heterocycles. The van der Waals surface area contributed by atoms with Gasteiger partial charge in [0.2, 0.25) is 11.8 Å². The largest absolute Gasteiger partial charge is 0.493 e. The Bertz CT molecular complexity index is 1240. The smallest absolute Gasteiger partial charge is 0.243 e. The van der Waals surface area contributed by atoms with E-state index in [0.717, 1.165) is 5.56 Å². The van der Waals surface area contributed by atoms with Gasteiger partial charge in [-0.3, -0.25) is 20.4 Å². The first-order valence-corrected chi connectivity index (χ1v) is 11.5. The third kappa shape index (κ3) is 5.78. The van der Waals surface area contributed by atoms with Crippen molar-refractivity contribution in [1.29, 1.82) is 0 Å². The van der Waals surface area contributed by atoms with Crippen LogP contribution in [0.5, 0.6) is 11.5 Å². The lowest BCUT2D eigenvalue weighted by molar-refractivity contribution is -0.125. The Morgan fingerprint density at radius 3 is 2.57 bits per heavy atom. The molecule has 1 aliphatic rings. The van der Waals surface area contributed by atoms with E-state index in [2.05, 4.69) is 10.9 Å². The summed E-state index contributed by atoms with van der Waals surface area (Å²) < 4.78 is 24.4. The molecule has 35 heavy (non-hydrogen) atoms. The molecule has 2 amide bonds. The highest BCUT2D eigenvalue weighted by Gasteiger charge is 2.35. The molecule has 0 aromatic heterocycles. The fourth-order valence-corrected chi connectivity index (χ4v) is 4.14. The number of halogens is 3. The van der Waals surface area contributed by atoms with Crippen LogP contribution in [0.1, 0.15) is 12.0 Å². The molecular formula is C25H22Cl2FN3O4. The Morgan fingerprint density at radius 1 is 1.11 bits per heavy atom. The highest BCUT2D eigenvalue weighted by molar-refractivity contribution is 6.32. The minimum absolute atomic E-state index is 0.0454. The number of nitrogens with zero attached hydrogens (tertiary/aromatic N) is 1. The van der Waals surface area contributed by atoms with Crippen LogP contribution < -0.4 is 25.2 Å². The molecule has 3 aromatic rings. The van der Waals surface area contributed by atoms with Gasteiger partial charge in [-0.15, -0.1) is 0 Å². The van der Waals surface area contributed by atoms with Crippen LogP contribution in [0, 0.1) is 11.7 Å². The Labute approximate surface area is 211 Å². The number of hydrogen-bond acceptors (Lipinski definition) is 5. The zero-order valence-corrected chi connectivity index (χ0v) is 20.2. The molecule has 1 atom stereocenters. The van der Waals surface area contributed by atoms with Crippen LogP contribution in [0.4, 0.5) is 15.8 Å². The molecule has 7 nitrogen and oxygen atoms in total. The molecule has 0 spiro atoms. The number of methoxy groups -OCH3 is 1. The van der Waals surface area contributed by atoms with Crippen LogP contribution in [0.2, 0.25) is 10.0 Å². The lowest BCUT2D eigenvalue weighted by Gasteiger charge is -2.18. The number of carbonyl (C=O) groups excluding carboxylic acids is 2. The van der Waals surface area contributed by atoms with Crippen molar-refractivity contribution in [2.45, 2.75) is 13.0 Å². The maximum Gasteiger partial charge on any atom is 0.243 e. The van der Waals surface area contributed by atoms with Crippen molar-refractivity contribution in [2.24, 2.45) is 5.92 Å². The summed E-state index contributed by atoms with van der Waals surface area (Å²) in [7, 11) is 1.48. The fourth-order valence-electron chi connectivity index (χ4n) is 3.69. The molecule has 10 heteroatoms. The number of hydrogen-bond donors (Lipinski definition) is 2. The first-order chi connectivity index (χ1) is 16.9. The van der Waals surface area contributed by atoms with Gasteiger partial charge in [-0.25, -0.2) is 4.39 Å². The summed E-state index contributed by atoms with van der Waals surface area (Å²) in [5, 5.41) is 0.846. The summed E-state index contributed by atoms with van der Waals surface area (Å²) >= 11 is 12.6. The van der Waals surface area contributed by atoms with Crippen molar-refractivity contribution in [3.63, 3.8) is 0 Å². The van der Waals surface area contributed by atoms with Gasteiger partial charge in [0.05, 0.1) is 23.7 Å². The van der Waals surface area contributed by atoms with Gasteiger partial charge < -0.3 is 14.4 Å². The number of rotatable bonds is 8. The summed E-state index contributed by atoms with van der Waals surface area (Å²) in [5.41, 5.74) is 7.21. The minimum Gasteiger partial charge on any atom is -0.493 e. The topological polar surface area (TPSA) is 79.9 Å². The fraction of sp³-hybridized carbons (Fsp3) is 0.200. The van der Waals surface area contributed by atoms with Gasteiger partial charge in [0, 0.05) is 35.3 Å². The van der Waals surface area contributed by atoms with Gasteiger partial charge in [-0.1, -0.05) is 41.4 Å². The van der Waals surface area contributed by atoms with E-state index >= 15 is 0 Å². The third-order valence-electron chi connectivity index (χ3n) is 5.52. The number of anilines is 2. The lowest BCUT2D eigenvalue weighted by Crippen LogP contribution is -2.36. The zero-order valence-electron chi connectivity index (χ0n) is 18.7. The van der Waals surface area contributed by atoms with Crippen molar-refractivity contribution in [1.82, 2.24) is 5.43 Å². The van der Waals surface area contributed by atoms with Crippen molar-refractivity contribution in [3.8, 4) is 11.5 Å². The average molecular weight is 518 g/mol. The molecule has 1 aliphatic heterocycles. The standard InChI is InChI=1S/C25H22Cl2FN3O4/c1-34-22-12-18(11-21(27)24(22)35-14-15-4-2-3-5-20(15)26)29-30-25(33)16-10-23(32)31(13-16)19-8-6-17(28)7-9-19/h2-9,11-12,16,29H,10,13-14H2,1H3,(H,30,33)/t16-/m1/s1. The van der Waals surface area contributed by atoms with Crippen LogP contribution in [-0.2, 0) is 16.2 Å². The third-order valence-corrected chi connectivity index (χ3v) is 6.17. The minimum atomic E-state index is -0.573. The molecule has 0 unspecified atom stereocenters. The van der Waals surface area contributed by atoms with Crippen LogP contribution >= 0.6 is 23.2 Å². The van der Waals surface area contributed by atoms with Crippen molar-refractivity contribution in [2.75, 3.05) is 24.0 Å². The van der Waals surface area contributed by atoms with Crippen LogP contribution in [-0.4, -0.2) is 25.5 Å². The summed E-state index contributed by atoms with van der Waals surface area (Å²) in [4.78, 5) is 26.5. The number of carbonyl (C=O) groups is 2. The van der Waals surface area contributed by atoms with Crippen molar-refractivity contribution < 1.29 is 23.5 Å². The SMILES string of the molecule is COc1cc(NNC(=O)[C@@H]2CC(=O)N(c3ccc(F)cc3)C2)cc(Cl)c1OCc1ccccc1Cl. The number of benzene rings is 3. The first kappa shape index (κ1) is 24.6. The van der Waals surface area contributed by atoms with E-state index in [-0.39, 0.29) is 36.4 Å². The quantitative estimate of drug-likeness (QED) is 0.400. The maximum atomic E-state index is 13.2. The average Bonchev–Trinajstić information content (AvgIpc) is 3.24. The molecule has 0 saturated carbocycles. The Balaban J connectivity index is 1.38. The second-order valence-electron chi connectivity index (χ2n) is 7.87. The van der Waals surface area contributed by atoms with Gasteiger partial charge >= 0.3 is 0 Å². The number of ether oxygens (including phenoxy) is 2. The Morgan fingerprint density at radius 2 is 1.86 bits per heavy atom. The van der Waals surface area contributed by atoms with E-state index in [9.17, 15) is 14.0 Å². The number of nitrogens with one attached hydrogen (secondary N) is 2. The van der Waals surface area contributed by atoms with Crippen LogP contribution in [0.3, 0.4) is 0 Å². The molecule has 0 aliphatic carbocycles.